The molecule has 1 aromatic carbocycles. The molecule has 3 unspecified atom stereocenters. The van der Waals surface area contributed by atoms with Crippen LogP contribution >= 0.6 is 27.3 Å². The van der Waals surface area contributed by atoms with Gasteiger partial charge in [0.05, 0.1) is 12.2 Å². The number of carboxylic acids is 1. The number of aromatic nitrogens is 1. The summed E-state index contributed by atoms with van der Waals surface area (Å²) < 4.78 is 34.3. The average Bonchev–Trinajstić information content (AvgIpc) is 3.47. The number of hydrogen-bond acceptors (Lipinski definition) is 8. The highest BCUT2D eigenvalue weighted by Crippen LogP contribution is 2.37. The Morgan fingerprint density at radius 3 is 2.86 bits per heavy atom. The first kappa shape index (κ1) is 26.1. The highest BCUT2D eigenvalue weighted by atomic mass is 79.9. The van der Waals surface area contributed by atoms with Crippen molar-refractivity contribution >= 4 is 45.0 Å². The molecule has 8 nitrogen and oxygen atoms in total. The molecule has 190 valence electrons. The Hall–Kier alpha value is -2.96. The SMILES string of the molecule is CCOC(=O)C1=C(CN2CC(F)C(/C=C/C(=O)O)C2)NC(c2nccs2)=NC1c1ccc(F)cc1Br. The number of halogens is 3. The molecule has 0 radical (unpaired) electrons. The number of aliphatic imine (C=N–C) groups is 1. The number of nitrogens with one attached hydrogen (secondary N) is 1. The second kappa shape index (κ2) is 11.4. The van der Waals surface area contributed by atoms with E-state index >= 15 is 0 Å². The van der Waals surface area contributed by atoms with Crippen molar-refractivity contribution in [2.45, 2.75) is 19.1 Å². The Bertz CT molecular complexity index is 1230. The Labute approximate surface area is 218 Å². The molecule has 2 aliphatic heterocycles. The maximum absolute atomic E-state index is 14.7. The molecule has 12 heteroatoms. The van der Waals surface area contributed by atoms with E-state index in [1.807, 2.05) is 0 Å². The highest BCUT2D eigenvalue weighted by Gasteiger charge is 2.37. The molecule has 0 saturated carbocycles. The van der Waals surface area contributed by atoms with Gasteiger partial charge in [0.15, 0.2) is 10.8 Å². The van der Waals surface area contributed by atoms with Gasteiger partial charge in [-0.1, -0.05) is 28.1 Å². The minimum atomic E-state index is -1.26. The van der Waals surface area contributed by atoms with E-state index in [1.54, 1.807) is 29.5 Å². The third-order valence-corrected chi connectivity index (χ3v) is 7.21. The van der Waals surface area contributed by atoms with Gasteiger partial charge in [-0.05, 0) is 24.6 Å². The van der Waals surface area contributed by atoms with Crippen LogP contribution in [-0.4, -0.2) is 65.2 Å². The summed E-state index contributed by atoms with van der Waals surface area (Å²) in [5.41, 5.74) is 1.24. The number of carboxylic acid groups (broad SMARTS) is 1. The normalized spacial score (nSPS) is 22.6. The predicted molar refractivity (Wildman–Crippen MR) is 134 cm³/mol. The fourth-order valence-corrected chi connectivity index (χ4v) is 5.33. The second-order valence-corrected chi connectivity index (χ2v) is 9.94. The van der Waals surface area contributed by atoms with Crippen LogP contribution in [0, 0.1) is 11.7 Å². The lowest BCUT2D eigenvalue weighted by Gasteiger charge is -2.29. The van der Waals surface area contributed by atoms with E-state index in [0.29, 0.717) is 26.6 Å². The maximum Gasteiger partial charge on any atom is 0.338 e. The van der Waals surface area contributed by atoms with Crippen molar-refractivity contribution < 1.29 is 28.2 Å². The first-order valence-electron chi connectivity index (χ1n) is 11.1. The number of likely N-dealkylation sites (tertiary alicyclic amines) is 1. The van der Waals surface area contributed by atoms with Crippen LogP contribution in [0.2, 0.25) is 0 Å². The quantitative estimate of drug-likeness (QED) is 0.361. The summed E-state index contributed by atoms with van der Waals surface area (Å²) in [7, 11) is 0. The topological polar surface area (TPSA) is 104 Å². The zero-order chi connectivity index (χ0) is 25.8. The van der Waals surface area contributed by atoms with Gasteiger partial charge in [0.25, 0.3) is 0 Å². The molecule has 1 fully saturated rings. The van der Waals surface area contributed by atoms with Crippen molar-refractivity contribution in [2.75, 3.05) is 26.2 Å². The summed E-state index contributed by atoms with van der Waals surface area (Å²) in [5.74, 6) is -2.35. The highest BCUT2D eigenvalue weighted by molar-refractivity contribution is 9.10. The molecule has 3 heterocycles. The molecule has 1 saturated heterocycles. The van der Waals surface area contributed by atoms with Gasteiger partial charge < -0.3 is 15.2 Å². The summed E-state index contributed by atoms with van der Waals surface area (Å²) >= 11 is 4.74. The molecule has 4 rings (SSSR count). The smallest absolute Gasteiger partial charge is 0.338 e. The maximum atomic E-state index is 14.7. The van der Waals surface area contributed by atoms with E-state index in [0.717, 1.165) is 6.08 Å². The van der Waals surface area contributed by atoms with Crippen LogP contribution in [-0.2, 0) is 14.3 Å². The van der Waals surface area contributed by atoms with Gasteiger partial charge in [-0.25, -0.2) is 23.4 Å². The zero-order valence-electron chi connectivity index (χ0n) is 19.2. The van der Waals surface area contributed by atoms with E-state index in [4.69, 9.17) is 14.8 Å². The minimum Gasteiger partial charge on any atom is -0.478 e. The third kappa shape index (κ3) is 5.88. The van der Waals surface area contributed by atoms with Crippen LogP contribution in [0.15, 0.2) is 62.7 Å². The van der Waals surface area contributed by atoms with Crippen LogP contribution in [0.3, 0.4) is 0 Å². The number of aliphatic carboxylic acids is 1. The number of amidine groups is 1. The van der Waals surface area contributed by atoms with Crippen molar-refractivity contribution in [3.05, 3.63) is 74.1 Å². The first-order valence-corrected chi connectivity index (χ1v) is 12.8. The van der Waals surface area contributed by atoms with Gasteiger partial charge in [-0.15, -0.1) is 11.3 Å². The fraction of sp³-hybridized carbons (Fsp3) is 0.333. The van der Waals surface area contributed by atoms with Gasteiger partial charge in [-0.2, -0.15) is 0 Å². The molecule has 1 aromatic heterocycles. The Morgan fingerprint density at radius 1 is 1.39 bits per heavy atom. The van der Waals surface area contributed by atoms with E-state index in [9.17, 15) is 18.4 Å². The molecule has 0 bridgehead atoms. The van der Waals surface area contributed by atoms with Crippen molar-refractivity contribution in [3.63, 3.8) is 0 Å². The number of benzene rings is 1. The summed E-state index contributed by atoms with van der Waals surface area (Å²) in [6.07, 6.45) is 2.66. The van der Waals surface area contributed by atoms with Crippen LogP contribution < -0.4 is 5.32 Å². The molecule has 0 spiro atoms. The molecular formula is C24H23BrF2N4O4S. The number of nitrogens with zero attached hydrogens (tertiary/aromatic N) is 3. The van der Waals surface area contributed by atoms with Crippen molar-refractivity contribution in [3.8, 4) is 0 Å². The van der Waals surface area contributed by atoms with Crippen LogP contribution in [0.25, 0.3) is 0 Å². The monoisotopic (exact) mass is 580 g/mol. The standard InChI is InChI=1S/C24H23BrF2N4O4S/c1-2-35-24(34)20-18(12-31-10-13(17(27)11-31)3-6-19(32)33)29-22(23-28-7-8-36-23)30-21(20)15-5-4-14(26)9-16(15)25/h3-9,13,17,21H,2,10-12H2,1H3,(H,29,30)(H,32,33)/b6-3+. The summed E-state index contributed by atoms with van der Waals surface area (Å²) in [5, 5.41) is 14.5. The lowest BCUT2D eigenvalue weighted by molar-refractivity contribution is -0.139. The lowest BCUT2D eigenvalue weighted by Crippen LogP contribution is -2.39. The number of thiazole rings is 1. The number of alkyl halides is 1. The number of ether oxygens (including phenoxy) is 1. The average molecular weight is 581 g/mol. The van der Waals surface area contributed by atoms with E-state index in [2.05, 4.69) is 26.2 Å². The van der Waals surface area contributed by atoms with Crippen LogP contribution in [0.4, 0.5) is 8.78 Å². The molecule has 36 heavy (non-hydrogen) atoms. The van der Waals surface area contributed by atoms with Crippen molar-refractivity contribution in [2.24, 2.45) is 10.9 Å². The molecule has 0 amide bonds. The number of hydrogen-bond donors (Lipinski definition) is 2. The van der Waals surface area contributed by atoms with Gasteiger partial charge in [0, 0.05) is 53.4 Å². The largest absolute Gasteiger partial charge is 0.478 e. The molecule has 0 aliphatic carbocycles. The molecular weight excluding hydrogens is 558 g/mol. The van der Waals surface area contributed by atoms with Gasteiger partial charge >= 0.3 is 11.9 Å². The Morgan fingerprint density at radius 2 is 2.19 bits per heavy atom. The van der Waals surface area contributed by atoms with Gasteiger partial charge in [0.1, 0.15) is 18.0 Å². The molecule has 2 aliphatic rings. The second-order valence-electron chi connectivity index (χ2n) is 8.19. The number of esters is 1. The lowest BCUT2D eigenvalue weighted by atomic mass is 9.95. The van der Waals surface area contributed by atoms with Gasteiger partial charge in [0.2, 0.25) is 0 Å². The van der Waals surface area contributed by atoms with Gasteiger partial charge in [-0.3, -0.25) is 9.89 Å². The third-order valence-electron chi connectivity index (χ3n) is 5.75. The molecule has 2 aromatic rings. The minimum absolute atomic E-state index is 0.0601. The molecule has 2 N–H and O–H groups in total. The van der Waals surface area contributed by atoms with E-state index in [1.165, 1.54) is 29.5 Å². The number of carbonyl (C=O) groups excluding carboxylic acids is 1. The zero-order valence-corrected chi connectivity index (χ0v) is 21.6. The van der Waals surface area contributed by atoms with Crippen LogP contribution in [0.5, 0.6) is 0 Å². The van der Waals surface area contributed by atoms with Crippen molar-refractivity contribution in [1.29, 1.82) is 0 Å². The van der Waals surface area contributed by atoms with E-state index < -0.39 is 35.9 Å². The summed E-state index contributed by atoms with van der Waals surface area (Å²) in [6, 6.07) is 3.30. The van der Waals surface area contributed by atoms with E-state index in [-0.39, 0.29) is 31.8 Å². The first-order chi connectivity index (χ1) is 17.3. The number of rotatable bonds is 8. The Kier molecular flexibility index (Phi) is 8.27. The van der Waals surface area contributed by atoms with Crippen molar-refractivity contribution in [1.82, 2.24) is 15.2 Å². The Balaban J connectivity index is 1.75. The van der Waals surface area contributed by atoms with Crippen LogP contribution in [0.1, 0.15) is 23.5 Å². The number of carbonyl (C=O) groups is 2. The fourth-order valence-electron chi connectivity index (χ4n) is 4.18. The predicted octanol–water partition coefficient (Wildman–Crippen LogP) is 3.86. The molecule has 3 atom stereocenters. The summed E-state index contributed by atoms with van der Waals surface area (Å²) in [6.45, 7) is 2.31. The summed E-state index contributed by atoms with van der Waals surface area (Å²) in [4.78, 5) is 34.9.